The number of ether oxygens (including phenoxy) is 6. The van der Waals surface area contributed by atoms with Crippen LogP contribution in [0.4, 0.5) is 0 Å². The van der Waals surface area contributed by atoms with Gasteiger partial charge in [0, 0.05) is 144 Å². The van der Waals surface area contributed by atoms with Crippen molar-refractivity contribution < 1.29 is 157 Å². The molecule has 3 aromatic rings. The third-order valence-electron chi connectivity index (χ3n) is 3.61. The molecule has 0 aliphatic carbocycles. The van der Waals surface area contributed by atoms with Crippen molar-refractivity contribution in [2.75, 3.05) is 48.8 Å². The summed E-state index contributed by atoms with van der Waals surface area (Å²) in [6, 6.07) is 23.1. The number of carbonyl (C=O) groups excluding carboxylic acids is 2. The van der Waals surface area contributed by atoms with E-state index in [9.17, 15) is 9.59 Å². The first-order valence-electron chi connectivity index (χ1n) is 11.1. The predicted molar refractivity (Wildman–Crippen MR) is 198 cm³/mol. The minimum Gasteiger partial charge on any atom is 0 e. The largest absolute Gasteiger partial charge is 0 e. The second-order valence-electron chi connectivity index (χ2n) is 6.70. The van der Waals surface area contributed by atoms with Crippen molar-refractivity contribution >= 4 is 87.1 Å². The molecule has 261 valence electrons. The van der Waals surface area contributed by atoms with Crippen LogP contribution in [0, 0.1) is 18.2 Å². The number of phenols is 1. The number of hydrogen-bond donors (Lipinski definition) is 1. The molecule has 3 radical (unpaired) electrons. The van der Waals surface area contributed by atoms with Crippen molar-refractivity contribution in [1.29, 1.82) is 0 Å². The van der Waals surface area contributed by atoms with Gasteiger partial charge in [0.1, 0.15) is 6.79 Å². The van der Waals surface area contributed by atoms with Crippen LogP contribution in [0.5, 0.6) is 17.2 Å². The fraction of sp³-hybridized carbons (Fsp3) is 0.286. The molecule has 0 saturated carbocycles. The Labute approximate surface area is 394 Å². The molecule has 5 N–H and O–H groups in total. The van der Waals surface area contributed by atoms with E-state index < -0.39 is 0 Å². The van der Waals surface area contributed by atoms with Crippen molar-refractivity contribution in [2.24, 2.45) is 0 Å². The van der Waals surface area contributed by atoms with E-state index in [0.29, 0.717) is 35.7 Å². The summed E-state index contributed by atoms with van der Waals surface area (Å²) in [5.74, 6) is 1.33. The van der Waals surface area contributed by atoms with E-state index in [1.54, 1.807) is 46.6 Å². The van der Waals surface area contributed by atoms with Crippen LogP contribution >= 0.6 is 69.2 Å². The molecule has 0 saturated heterocycles. The smallest absolute Gasteiger partial charge is 0 e. The van der Waals surface area contributed by atoms with Crippen molar-refractivity contribution in [1.82, 2.24) is 0 Å². The van der Waals surface area contributed by atoms with Gasteiger partial charge in [-0.05, 0) is 0 Å². The molecular formula is C28H40I3O11PVY3-3. The fourth-order valence-electron chi connectivity index (χ4n) is 1.96. The molecule has 0 fully saturated rings. The third-order valence-corrected chi connectivity index (χ3v) is 3.97. The maximum Gasteiger partial charge on any atom is 0 e. The molecule has 0 aromatic heterocycles. The first-order chi connectivity index (χ1) is 19.7. The minimum atomic E-state index is -0.278. The molecule has 3 aromatic carbocycles. The quantitative estimate of drug-likeness (QED) is 0.0951. The van der Waals surface area contributed by atoms with Gasteiger partial charge in [-0.3, -0.25) is 0 Å². The van der Waals surface area contributed by atoms with Crippen LogP contribution in [-0.2, 0) is 122 Å². The second-order valence-corrected chi connectivity index (χ2v) is 42.7. The maximum absolute atomic E-state index is 10.2. The monoisotopic (exact) mass is 1280 g/mol. The Balaban J connectivity index is -0.0000000683. The number of aldehydes is 2. The van der Waals surface area contributed by atoms with Gasteiger partial charge in [-0.2, -0.15) is 45.6 Å². The van der Waals surface area contributed by atoms with Crippen molar-refractivity contribution in [2.45, 2.75) is 7.43 Å². The van der Waals surface area contributed by atoms with Gasteiger partial charge >= 0.3 is 64.9 Å². The Hall–Kier alpha value is 2.68. The molecule has 1 atom stereocenters. The average molecular weight is 1280 g/mol. The van der Waals surface area contributed by atoms with Gasteiger partial charge in [0.25, 0.3) is 0 Å². The molecule has 0 aliphatic rings. The predicted octanol–water partition coefficient (Wildman–Crippen LogP) is 5.13. The summed E-state index contributed by atoms with van der Waals surface area (Å²) in [5, 5.41) is 9.77. The van der Waals surface area contributed by atoms with Crippen LogP contribution in [0.2, 0.25) is 0 Å². The van der Waals surface area contributed by atoms with Crippen LogP contribution < -0.4 is 14.8 Å². The fourth-order valence-corrected chi connectivity index (χ4v) is 2.14. The van der Waals surface area contributed by atoms with Gasteiger partial charge in [-0.15, -0.1) is 41.7 Å². The Morgan fingerprint density at radius 1 is 0.681 bits per heavy atom. The van der Waals surface area contributed by atoms with Gasteiger partial charge in [0.2, 0.25) is 0 Å². The Kier molecular flexibility index (Phi) is 73.2. The molecule has 0 aliphatic heterocycles. The van der Waals surface area contributed by atoms with E-state index in [1.165, 1.54) is 18.2 Å². The average Bonchev–Trinajstić information content (AvgIpc) is 2.98. The number of halogens is 3. The van der Waals surface area contributed by atoms with Crippen LogP contribution in [0.3, 0.4) is 0 Å². The topological polar surface area (TPSA) is 173 Å². The Bertz CT molecular complexity index is 1030. The first kappa shape index (κ1) is 67.8. The van der Waals surface area contributed by atoms with Gasteiger partial charge < -0.3 is 54.1 Å². The summed E-state index contributed by atoms with van der Waals surface area (Å²) < 4.78 is 28.5. The molecule has 0 spiro atoms. The van der Waals surface area contributed by atoms with Crippen molar-refractivity contribution in [3.8, 4) is 17.2 Å². The molecule has 0 heterocycles. The third kappa shape index (κ3) is 48.7. The minimum absolute atomic E-state index is 0. The summed E-state index contributed by atoms with van der Waals surface area (Å²) >= 11 is 7.39. The van der Waals surface area contributed by atoms with Crippen LogP contribution in [-0.4, -0.2) is 77.4 Å². The number of benzene rings is 3. The Morgan fingerprint density at radius 3 is 1.30 bits per heavy atom. The van der Waals surface area contributed by atoms with E-state index in [0.717, 1.165) is 11.6 Å². The van der Waals surface area contributed by atoms with E-state index in [1.807, 2.05) is 18.2 Å². The van der Waals surface area contributed by atoms with E-state index >= 15 is 0 Å². The number of aromatic hydroxyl groups is 1. The summed E-state index contributed by atoms with van der Waals surface area (Å²) in [6.45, 7) is 0.851. The number of carbonyl (C=O) groups is 2. The van der Waals surface area contributed by atoms with E-state index in [4.69, 9.17) is 24.1 Å². The zero-order valence-electron chi connectivity index (χ0n) is 25.6. The maximum atomic E-state index is 10.2. The van der Waals surface area contributed by atoms with Gasteiger partial charge in [-0.25, -0.2) is 0 Å². The molecule has 1 unspecified atom stereocenters. The molecule has 11 nitrogen and oxygen atoms in total. The molecule has 47 heavy (non-hydrogen) atoms. The van der Waals surface area contributed by atoms with Gasteiger partial charge in [-0.1, -0.05) is 18.6 Å². The van der Waals surface area contributed by atoms with E-state index in [2.05, 4.69) is 96.8 Å². The number of methoxy groups -OCH3 is 4. The zero-order chi connectivity index (χ0) is 31.3. The van der Waals surface area contributed by atoms with Crippen LogP contribution in [0.25, 0.3) is 0 Å². The molecule has 0 amide bonds. The van der Waals surface area contributed by atoms with Crippen molar-refractivity contribution in [3.63, 3.8) is 0 Å². The first-order valence-corrected chi connectivity index (χ1v) is 25.2. The van der Waals surface area contributed by atoms with Gasteiger partial charge in [0.15, 0.2) is 13.6 Å². The number of hydrogen-bond acceptors (Lipinski definition) is 9. The van der Waals surface area contributed by atoms with E-state index in [-0.39, 0.29) is 141 Å². The summed E-state index contributed by atoms with van der Waals surface area (Å²) in [7, 11) is 8.88. The van der Waals surface area contributed by atoms with Crippen molar-refractivity contribution in [3.05, 3.63) is 83.9 Å². The molecule has 3 rings (SSSR count). The molecular weight excluding hydrogens is 1240 g/mol. The normalized spacial score (nSPS) is 8.02. The molecule has 0 bridgehead atoms. The molecule has 19 heteroatoms. The number of rotatable bonds is 10. The van der Waals surface area contributed by atoms with Crippen LogP contribution in [0.1, 0.15) is 28.1 Å². The number of phenolic OH excluding ortho intramolecular Hbond substituents is 1. The SMILES string of the molecule is C.COCOC.COCOc1[c-]cc(C=O)cc1.COCOc1[c-]cc(P)cc1.O.O.O=Cc1c[c-]c(O)cc1.[I][V]([I])[I].[Y].[Y].[Y]. The summed E-state index contributed by atoms with van der Waals surface area (Å²) in [5.41, 5.74) is 1.10. The van der Waals surface area contributed by atoms with Gasteiger partial charge in [0.05, 0.1) is 12.6 Å². The summed E-state index contributed by atoms with van der Waals surface area (Å²) in [4.78, 5) is 20.0. The second kappa shape index (κ2) is 50.8. The zero-order valence-corrected chi connectivity index (χ0v) is 43.1. The summed E-state index contributed by atoms with van der Waals surface area (Å²) in [6.07, 6.45) is 1.46. The van der Waals surface area contributed by atoms with Crippen LogP contribution in [0.15, 0.2) is 54.6 Å². The Morgan fingerprint density at radius 2 is 1.04 bits per heavy atom. The standard InChI is InChI=1S/C9H9O3.C8H10O2P.C7H5O2.C3H8O2.CH4.3HI.2H2O.V.3Y/c1-11-7-12-9-4-2-8(6-10)3-5-9;1-9-6-10-7-2-4-8(11)5-3-7;8-5-6-1-3-7(9)4-2-6;1-4-3-5-2;;;;;;;;;;/h2-4,6H,7H2,1H3;2,4-5H,6,11H2,1H3;1-3,5,9H;3H2,1-2H3;1H4;3*1H;2*1H2;;;;/q3*-1;;;;;;;;+3;;;/p-3.